The maximum atomic E-state index is 13.3. The molecule has 1 saturated heterocycles. The second-order valence-corrected chi connectivity index (χ2v) is 9.12. The molecule has 1 aliphatic rings. The number of hydrogen-bond acceptors (Lipinski definition) is 7. The van der Waals surface area contributed by atoms with Gasteiger partial charge >= 0.3 is 0 Å². The molecule has 2 aromatic carbocycles. The van der Waals surface area contributed by atoms with E-state index in [0.29, 0.717) is 19.0 Å². The van der Waals surface area contributed by atoms with Gasteiger partial charge in [0.05, 0.1) is 6.33 Å². The Morgan fingerprint density at radius 1 is 0.917 bits per heavy atom. The van der Waals surface area contributed by atoms with Crippen molar-refractivity contribution in [2.24, 2.45) is 0 Å². The molecule has 4 aromatic rings. The standard InChI is InChI=1S/C27H32FN7O/c1-2-33-15-17-34(18-16-33)27-31-25(29-13-11-20-5-9-23(36)10-6-20)24-26(32-27)35(19-30-24)14-12-21-3-7-22(28)8-4-21/h3-10,19,36H,2,11-18H2,1H3,(H,29,31,32). The summed E-state index contributed by atoms with van der Waals surface area (Å²) in [4.78, 5) is 19.2. The Hall–Kier alpha value is -3.72. The van der Waals surface area contributed by atoms with E-state index in [1.165, 1.54) is 12.1 Å². The van der Waals surface area contributed by atoms with E-state index >= 15 is 0 Å². The van der Waals surface area contributed by atoms with Crippen molar-refractivity contribution in [2.75, 3.05) is 49.5 Å². The molecule has 36 heavy (non-hydrogen) atoms. The molecule has 9 heteroatoms. The average Bonchev–Trinajstić information content (AvgIpc) is 3.32. The summed E-state index contributed by atoms with van der Waals surface area (Å²) in [6, 6.07) is 13.9. The Labute approximate surface area is 210 Å². The third-order valence-electron chi connectivity index (χ3n) is 6.75. The summed E-state index contributed by atoms with van der Waals surface area (Å²) in [7, 11) is 0. The van der Waals surface area contributed by atoms with E-state index in [1.807, 2.05) is 30.6 Å². The lowest BCUT2D eigenvalue weighted by molar-refractivity contribution is 0.270. The van der Waals surface area contributed by atoms with Gasteiger partial charge < -0.3 is 24.8 Å². The van der Waals surface area contributed by atoms with Crippen LogP contribution < -0.4 is 10.2 Å². The topological polar surface area (TPSA) is 82.3 Å². The number of hydrogen-bond donors (Lipinski definition) is 2. The third kappa shape index (κ3) is 5.57. The number of fused-ring (bicyclic) bond motifs is 1. The second-order valence-electron chi connectivity index (χ2n) is 9.12. The summed E-state index contributed by atoms with van der Waals surface area (Å²) in [5, 5.41) is 13.0. The van der Waals surface area contributed by atoms with Gasteiger partial charge in [-0.25, -0.2) is 9.37 Å². The van der Waals surface area contributed by atoms with Crippen LogP contribution in [-0.2, 0) is 19.4 Å². The van der Waals surface area contributed by atoms with Crippen molar-refractivity contribution >= 4 is 22.9 Å². The first kappa shape index (κ1) is 24.0. The number of nitrogens with zero attached hydrogens (tertiary/aromatic N) is 6. The number of phenolic OH excluding ortho intramolecular Hbond substituents is 1. The second kappa shape index (κ2) is 10.9. The van der Waals surface area contributed by atoms with Crippen LogP contribution in [0.3, 0.4) is 0 Å². The van der Waals surface area contributed by atoms with Crippen molar-refractivity contribution in [3.8, 4) is 5.75 Å². The van der Waals surface area contributed by atoms with E-state index in [4.69, 9.17) is 9.97 Å². The molecule has 3 heterocycles. The van der Waals surface area contributed by atoms with Crippen molar-refractivity contribution < 1.29 is 9.50 Å². The molecule has 8 nitrogen and oxygen atoms in total. The van der Waals surface area contributed by atoms with E-state index in [1.54, 1.807) is 12.1 Å². The molecule has 1 aliphatic heterocycles. The number of benzene rings is 2. The summed E-state index contributed by atoms with van der Waals surface area (Å²) in [5.74, 6) is 1.49. The molecule has 188 valence electrons. The first-order chi connectivity index (χ1) is 17.6. The molecule has 0 bridgehead atoms. The van der Waals surface area contributed by atoms with Crippen molar-refractivity contribution in [3.63, 3.8) is 0 Å². The van der Waals surface area contributed by atoms with Gasteiger partial charge in [-0.2, -0.15) is 9.97 Å². The molecular formula is C27H32FN7O. The van der Waals surface area contributed by atoms with Crippen LogP contribution in [0, 0.1) is 5.82 Å². The molecule has 0 saturated carbocycles. The number of aryl methyl sites for hydroxylation is 2. The van der Waals surface area contributed by atoms with Crippen LogP contribution in [0.5, 0.6) is 5.75 Å². The molecule has 0 radical (unpaired) electrons. The van der Waals surface area contributed by atoms with E-state index < -0.39 is 0 Å². The molecule has 1 fully saturated rings. The number of rotatable bonds is 9. The molecule has 0 amide bonds. The van der Waals surface area contributed by atoms with E-state index in [0.717, 1.165) is 73.7 Å². The van der Waals surface area contributed by atoms with Crippen LogP contribution in [0.1, 0.15) is 18.1 Å². The number of aromatic hydroxyl groups is 1. The lowest BCUT2D eigenvalue weighted by Crippen LogP contribution is -2.46. The minimum atomic E-state index is -0.226. The van der Waals surface area contributed by atoms with Crippen molar-refractivity contribution in [1.29, 1.82) is 0 Å². The van der Waals surface area contributed by atoms with Crippen LogP contribution >= 0.6 is 0 Å². The van der Waals surface area contributed by atoms with Crippen LogP contribution in [0.2, 0.25) is 0 Å². The average molecular weight is 490 g/mol. The maximum Gasteiger partial charge on any atom is 0.229 e. The zero-order valence-corrected chi connectivity index (χ0v) is 20.6. The predicted molar refractivity (Wildman–Crippen MR) is 140 cm³/mol. The summed E-state index contributed by atoms with van der Waals surface area (Å²) < 4.78 is 15.3. The number of likely N-dealkylation sites (N-methyl/N-ethyl adjacent to an activating group) is 1. The molecule has 2 N–H and O–H groups in total. The SMILES string of the molecule is CCN1CCN(c2nc(NCCc3ccc(O)cc3)c3ncn(CCc4ccc(F)cc4)c3n2)CC1. The Bertz CT molecular complexity index is 1280. The number of nitrogens with one attached hydrogen (secondary N) is 1. The van der Waals surface area contributed by atoms with Crippen molar-refractivity contribution in [1.82, 2.24) is 24.4 Å². The molecule has 2 aromatic heterocycles. The van der Waals surface area contributed by atoms with Gasteiger partial charge in [-0.1, -0.05) is 31.2 Å². The van der Waals surface area contributed by atoms with Gasteiger partial charge in [-0.3, -0.25) is 0 Å². The van der Waals surface area contributed by atoms with Crippen LogP contribution in [0.25, 0.3) is 11.2 Å². The number of halogens is 1. The highest BCUT2D eigenvalue weighted by atomic mass is 19.1. The summed E-state index contributed by atoms with van der Waals surface area (Å²) in [6.07, 6.45) is 3.36. The van der Waals surface area contributed by atoms with Crippen LogP contribution in [-0.4, -0.2) is 68.8 Å². The fraction of sp³-hybridized carbons (Fsp3) is 0.370. The first-order valence-corrected chi connectivity index (χ1v) is 12.6. The molecular weight excluding hydrogens is 457 g/mol. The van der Waals surface area contributed by atoms with Crippen molar-refractivity contribution in [3.05, 3.63) is 71.8 Å². The van der Waals surface area contributed by atoms with E-state index in [9.17, 15) is 9.50 Å². The summed E-state index contributed by atoms with van der Waals surface area (Å²) in [6.45, 7) is 8.36. The highest BCUT2D eigenvalue weighted by Crippen LogP contribution is 2.24. The van der Waals surface area contributed by atoms with E-state index in [-0.39, 0.29) is 11.6 Å². The fourth-order valence-electron chi connectivity index (χ4n) is 4.51. The number of imidazole rings is 1. The predicted octanol–water partition coefficient (Wildman–Crippen LogP) is 3.71. The number of phenols is 1. The highest BCUT2D eigenvalue weighted by Gasteiger charge is 2.21. The molecule has 0 spiro atoms. The number of piperazine rings is 1. The van der Waals surface area contributed by atoms with Crippen molar-refractivity contribution in [2.45, 2.75) is 26.3 Å². The fourth-order valence-corrected chi connectivity index (χ4v) is 4.51. The quantitative estimate of drug-likeness (QED) is 0.371. The zero-order valence-electron chi connectivity index (χ0n) is 20.6. The molecule has 0 unspecified atom stereocenters. The lowest BCUT2D eigenvalue weighted by Gasteiger charge is -2.34. The van der Waals surface area contributed by atoms with Gasteiger partial charge in [0, 0.05) is 39.3 Å². The van der Waals surface area contributed by atoms with E-state index in [2.05, 4.69) is 31.6 Å². The Balaban J connectivity index is 1.38. The van der Waals surface area contributed by atoms with Gasteiger partial charge in [-0.15, -0.1) is 0 Å². The summed E-state index contributed by atoms with van der Waals surface area (Å²) in [5.41, 5.74) is 3.74. The largest absolute Gasteiger partial charge is 0.508 e. The maximum absolute atomic E-state index is 13.3. The number of anilines is 2. The zero-order chi connectivity index (χ0) is 24.9. The smallest absolute Gasteiger partial charge is 0.229 e. The normalized spacial score (nSPS) is 14.4. The highest BCUT2D eigenvalue weighted by molar-refractivity contribution is 5.84. The Morgan fingerprint density at radius 2 is 1.61 bits per heavy atom. The minimum Gasteiger partial charge on any atom is -0.508 e. The van der Waals surface area contributed by atoms with Gasteiger partial charge in [-0.05, 0) is 54.8 Å². The molecule has 5 rings (SSSR count). The molecule has 0 aliphatic carbocycles. The van der Waals surface area contributed by atoms with Crippen LogP contribution in [0.15, 0.2) is 54.9 Å². The minimum absolute atomic E-state index is 0.226. The monoisotopic (exact) mass is 489 g/mol. The first-order valence-electron chi connectivity index (χ1n) is 12.6. The van der Waals surface area contributed by atoms with Gasteiger partial charge in [0.1, 0.15) is 11.6 Å². The van der Waals surface area contributed by atoms with Gasteiger partial charge in [0.15, 0.2) is 17.0 Å². The third-order valence-corrected chi connectivity index (χ3v) is 6.75. The Kier molecular flexibility index (Phi) is 7.27. The van der Waals surface area contributed by atoms with Gasteiger partial charge in [0.25, 0.3) is 0 Å². The lowest BCUT2D eigenvalue weighted by atomic mass is 10.1. The summed E-state index contributed by atoms with van der Waals surface area (Å²) >= 11 is 0. The number of aromatic nitrogens is 4. The Morgan fingerprint density at radius 3 is 2.33 bits per heavy atom. The van der Waals surface area contributed by atoms with Gasteiger partial charge in [0.2, 0.25) is 5.95 Å². The molecule has 0 atom stereocenters. The van der Waals surface area contributed by atoms with Crippen LogP contribution in [0.4, 0.5) is 16.2 Å².